The Morgan fingerprint density at radius 2 is 1.32 bits per heavy atom. The Labute approximate surface area is 129 Å². The number of hydrogen-bond donors (Lipinski definition) is 1. The molecule has 0 atom stereocenters. The van der Waals surface area contributed by atoms with E-state index in [0.29, 0.717) is 6.61 Å². The van der Waals surface area contributed by atoms with Crippen LogP contribution in [0.15, 0.2) is 58.3 Å². The second-order valence-electron chi connectivity index (χ2n) is 3.90. The third kappa shape index (κ3) is 4.85. The average Bonchev–Trinajstić information content (AvgIpc) is 2.47. The minimum Gasteiger partial charge on any atom is -0.300 e. The number of benzene rings is 2. The van der Waals surface area contributed by atoms with E-state index in [-0.39, 0.29) is 0 Å². The standard InChI is InChI=1S/C14H14BrNOS2/c15-9-11-1-5-13(6-2-11)18-19-14-7-3-12(4-8-14)10-17-16/h1-8H,9-10,16H2. The predicted molar refractivity (Wildman–Crippen MR) is 86.2 cm³/mol. The number of hydrogen-bond acceptors (Lipinski definition) is 4. The van der Waals surface area contributed by atoms with Crippen molar-refractivity contribution in [1.29, 1.82) is 0 Å². The Bertz CT molecular complexity index is 502. The molecule has 0 saturated carbocycles. The lowest BCUT2D eigenvalue weighted by molar-refractivity contribution is 0.124. The molecule has 5 heteroatoms. The van der Waals surface area contributed by atoms with Crippen LogP contribution in [0.25, 0.3) is 0 Å². The molecule has 2 nitrogen and oxygen atoms in total. The van der Waals surface area contributed by atoms with Gasteiger partial charge in [-0.2, -0.15) is 0 Å². The quantitative estimate of drug-likeness (QED) is 0.459. The Kier molecular flexibility index (Phi) is 6.26. The van der Waals surface area contributed by atoms with Crippen LogP contribution in [-0.2, 0) is 16.8 Å². The van der Waals surface area contributed by atoms with Crippen LogP contribution in [0.1, 0.15) is 11.1 Å². The van der Waals surface area contributed by atoms with Crippen LogP contribution in [0.2, 0.25) is 0 Å². The molecule has 2 rings (SSSR count). The van der Waals surface area contributed by atoms with Gasteiger partial charge < -0.3 is 0 Å². The number of alkyl halides is 1. The molecular formula is C14H14BrNOS2. The molecule has 0 aromatic heterocycles. The van der Waals surface area contributed by atoms with E-state index < -0.39 is 0 Å². The van der Waals surface area contributed by atoms with Crippen LogP contribution in [-0.4, -0.2) is 0 Å². The lowest BCUT2D eigenvalue weighted by Gasteiger charge is -2.04. The topological polar surface area (TPSA) is 35.2 Å². The molecule has 100 valence electrons. The molecule has 2 aromatic rings. The van der Waals surface area contributed by atoms with Gasteiger partial charge in [-0.3, -0.25) is 4.84 Å². The van der Waals surface area contributed by atoms with Gasteiger partial charge in [0, 0.05) is 15.1 Å². The van der Waals surface area contributed by atoms with Gasteiger partial charge in [0.1, 0.15) is 0 Å². The lowest BCUT2D eigenvalue weighted by atomic mass is 10.2. The Hall–Kier alpha value is -0.460. The number of rotatable bonds is 6. The fourth-order valence-electron chi connectivity index (χ4n) is 1.47. The number of halogens is 1. The van der Waals surface area contributed by atoms with Crippen molar-refractivity contribution < 1.29 is 4.84 Å². The largest absolute Gasteiger partial charge is 0.300 e. The molecule has 0 amide bonds. The summed E-state index contributed by atoms with van der Waals surface area (Å²) in [5, 5.41) is 0.899. The lowest BCUT2D eigenvalue weighted by Crippen LogP contribution is -1.98. The van der Waals surface area contributed by atoms with Crippen LogP contribution in [0.4, 0.5) is 0 Å². The summed E-state index contributed by atoms with van der Waals surface area (Å²) in [6.45, 7) is 0.450. The highest BCUT2D eigenvalue weighted by Crippen LogP contribution is 2.37. The van der Waals surface area contributed by atoms with Gasteiger partial charge in [-0.25, -0.2) is 5.90 Å². The molecule has 0 saturated heterocycles. The minimum atomic E-state index is 0.450. The van der Waals surface area contributed by atoms with E-state index in [2.05, 4.69) is 57.2 Å². The molecule has 0 aliphatic heterocycles. The van der Waals surface area contributed by atoms with Crippen LogP contribution >= 0.6 is 37.5 Å². The molecule has 0 heterocycles. The normalized spacial score (nSPS) is 10.6. The Morgan fingerprint density at radius 3 is 1.74 bits per heavy atom. The first-order valence-electron chi connectivity index (χ1n) is 5.72. The van der Waals surface area contributed by atoms with Gasteiger partial charge in [-0.15, -0.1) is 0 Å². The predicted octanol–water partition coefficient (Wildman–Crippen LogP) is 4.77. The maximum Gasteiger partial charge on any atom is 0.0930 e. The summed E-state index contributed by atoms with van der Waals surface area (Å²) >= 11 is 3.45. The number of nitrogens with two attached hydrogens (primary N) is 1. The second-order valence-corrected chi connectivity index (χ2v) is 6.74. The highest BCUT2D eigenvalue weighted by Gasteiger charge is 1.99. The van der Waals surface area contributed by atoms with Crippen molar-refractivity contribution in [3.05, 3.63) is 59.7 Å². The van der Waals surface area contributed by atoms with Crippen molar-refractivity contribution in [2.45, 2.75) is 21.7 Å². The molecule has 0 fully saturated rings. The van der Waals surface area contributed by atoms with Crippen molar-refractivity contribution in [3.8, 4) is 0 Å². The van der Waals surface area contributed by atoms with E-state index in [4.69, 9.17) is 5.90 Å². The molecular weight excluding hydrogens is 342 g/mol. The molecule has 0 aliphatic carbocycles. The third-order valence-corrected chi connectivity index (χ3v) is 5.55. The molecule has 2 N–H and O–H groups in total. The summed E-state index contributed by atoms with van der Waals surface area (Å²) in [4.78, 5) is 7.07. The molecule has 0 bridgehead atoms. The van der Waals surface area contributed by atoms with Crippen LogP contribution in [0, 0.1) is 0 Å². The van der Waals surface area contributed by atoms with E-state index in [1.807, 2.05) is 12.1 Å². The van der Waals surface area contributed by atoms with E-state index in [0.717, 1.165) is 10.9 Å². The maximum atomic E-state index is 5.04. The van der Waals surface area contributed by atoms with Crippen molar-refractivity contribution in [1.82, 2.24) is 0 Å². The zero-order valence-corrected chi connectivity index (χ0v) is 13.4. The summed E-state index contributed by atoms with van der Waals surface area (Å²) < 4.78 is 0. The first-order chi connectivity index (χ1) is 9.31. The third-order valence-electron chi connectivity index (χ3n) is 2.49. The van der Waals surface area contributed by atoms with Gasteiger partial charge >= 0.3 is 0 Å². The molecule has 0 unspecified atom stereocenters. The fraction of sp³-hybridized carbons (Fsp3) is 0.143. The van der Waals surface area contributed by atoms with Crippen LogP contribution in [0.3, 0.4) is 0 Å². The minimum absolute atomic E-state index is 0.450. The van der Waals surface area contributed by atoms with E-state index in [1.54, 1.807) is 21.6 Å². The molecule has 0 aliphatic rings. The first kappa shape index (κ1) is 14.9. The summed E-state index contributed by atoms with van der Waals surface area (Å²) in [6, 6.07) is 16.8. The summed E-state index contributed by atoms with van der Waals surface area (Å²) in [5.41, 5.74) is 2.37. The van der Waals surface area contributed by atoms with Gasteiger partial charge in [0.25, 0.3) is 0 Å². The van der Waals surface area contributed by atoms with Gasteiger partial charge in [0.2, 0.25) is 0 Å². The van der Waals surface area contributed by atoms with Gasteiger partial charge in [0.15, 0.2) is 0 Å². The fourth-order valence-corrected chi connectivity index (χ4v) is 3.77. The van der Waals surface area contributed by atoms with E-state index in [1.165, 1.54) is 15.4 Å². The van der Waals surface area contributed by atoms with Crippen molar-refractivity contribution in [3.63, 3.8) is 0 Å². The van der Waals surface area contributed by atoms with Crippen LogP contribution in [0.5, 0.6) is 0 Å². The molecule has 2 aromatic carbocycles. The van der Waals surface area contributed by atoms with Crippen molar-refractivity contribution >= 4 is 37.5 Å². The highest BCUT2D eigenvalue weighted by atomic mass is 79.9. The zero-order chi connectivity index (χ0) is 13.5. The van der Waals surface area contributed by atoms with Gasteiger partial charge in [-0.05, 0) is 35.4 Å². The maximum absolute atomic E-state index is 5.04. The average molecular weight is 356 g/mol. The SMILES string of the molecule is NOCc1ccc(SSc2ccc(CBr)cc2)cc1. The first-order valence-corrected chi connectivity index (χ1v) is 8.99. The van der Waals surface area contributed by atoms with Gasteiger partial charge in [-0.1, -0.05) is 61.8 Å². The Morgan fingerprint density at radius 1 is 0.842 bits per heavy atom. The summed E-state index contributed by atoms with van der Waals surface area (Å²) in [7, 11) is 3.50. The van der Waals surface area contributed by atoms with Crippen LogP contribution < -0.4 is 5.90 Å². The van der Waals surface area contributed by atoms with Gasteiger partial charge in [0.05, 0.1) is 6.61 Å². The zero-order valence-electron chi connectivity index (χ0n) is 10.2. The second kappa shape index (κ2) is 7.97. The molecule has 0 spiro atoms. The monoisotopic (exact) mass is 355 g/mol. The Balaban J connectivity index is 1.90. The van der Waals surface area contributed by atoms with E-state index >= 15 is 0 Å². The van der Waals surface area contributed by atoms with E-state index in [9.17, 15) is 0 Å². The van der Waals surface area contributed by atoms with Crippen molar-refractivity contribution in [2.75, 3.05) is 0 Å². The smallest absolute Gasteiger partial charge is 0.0930 e. The summed E-state index contributed by atoms with van der Waals surface area (Å²) in [6.07, 6.45) is 0. The summed E-state index contributed by atoms with van der Waals surface area (Å²) in [5.74, 6) is 5.04. The van der Waals surface area contributed by atoms with Crippen molar-refractivity contribution in [2.24, 2.45) is 5.90 Å². The highest BCUT2D eigenvalue weighted by molar-refractivity contribution is 9.08. The molecule has 0 radical (unpaired) electrons. The molecule has 19 heavy (non-hydrogen) atoms.